The van der Waals surface area contributed by atoms with Crippen molar-refractivity contribution in [1.29, 1.82) is 0 Å². The van der Waals surface area contributed by atoms with Gasteiger partial charge in [0.2, 0.25) is 0 Å². The first-order valence-electron chi connectivity index (χ1n) is 2.99. The maximum Gasteiger partial charge on any atom is 0.175 e. The van der Waals surface area contributed by atoms with Crippen LogP contribution in [0.3, 0.4) is 0 Å². The van der Waals surface area contributed by atoms with Crippen LogP contribution in [-0.4, -0.2) is 14.9 Å². The fourth-order valence-corrected chi connectivity index (χ4v) is 0.958. The fraction of sp³-hybridized carbons (Fsp3) is 0. The molecule has 0 bridgehead atoms. The second kappa shape index (κ2) is 2.80. The highest BCUT2D eigenvalue weighted by Crippen LogP contribution is 2.16. The van der Waals surface area contributed by atoms with Crippen molar-refractivity contribution in [2.24, 2.45) is 0 Å². The van der Waals surface area contributed by atoms with Gasteiger partial charge in [0.05, 0.1) is 0 Å². The third-order valence-corrected chi connectivity index (χ3v) is 1.43. The summed E-state index contributed by atoms with van der Waals surface area (Å²) in [6.07, 6.45) is 3.22. The van der Waals surface area contributed by atoms with Gasteiger partial charge in [-0.3, -0.25) is 0 Å². The van der Waals surface area contributed by atoms with Crippen LogP contribution < -0.4 is 0 Å². The molecule has 0 aliphatic carbocycles. The Kier molecular flexibility index (Phi) is 2.01. The molecule has 2 aliphatic rings. The molecule has 2 aliphatic heterocycles. The number of hydrogen-bond donors (Lipinski definition) is 1. The first-order valence-corrected chi connectivity index (χ1v) is 2.99. The highest BCUT2D eigenvalue weighted by atomic mass is 35.5. The minimum absolute atomic E-state index is 0. The first-order chi connectivity index (χ1) is 4.88. The molecule has 2 rings (SSSR count). The van der Waals surface area contributed by atoms with E-state index in [0.717, 1.165) is 10.3 Å². The Balaban J connectivity index is 0.000000605. The summed E-state index contributed by atoms with van der Waals surface area (Å²) in [5, 5.41) is 9.11. The molecule has 11 heavy (non-hydrogen) atoms. The van der Waals surface area contributed by atoms with E-state index in [1.807, 2.05) is 12.1 Å². The van der Waals surface area contributed by atoms with Gasteiger partial charge in [0.15, 0.2) is 5.82 Å². The van der Waals surface area contributed by atoms with Gasteiger partial charge in [-0.2, -0.15) is 4.73 Å². The SMILES string of the molecule is Cl.On1cccc2ccnc1-2. The van der Waals surface area contributed by atoms with Crippen molar-refractivity contribution in [3.63, 3.8) is 0 Å². The maximum absolute atomic E-state index is 9.11. The summed E-state index contributed by atoms with van der Waals surface area (Å²) in [5.41, 5.74) is 0.949. The number of aromatic nitrogens is 2. The number of rotatable bonds is 0. The Morgan fingerprint density at radius 1 is 1.36 bits per heavy atom. The highest BCUT2D eigenvalue weighted by Gasteiger charge is 2.04. The third kappa shape index (κ3) is 1.14. The molecule has 0 fully saturated rings. The van der Waals surface area contributed by atoms with Gasteiger partial charge in [-0.1, -0.05) is 0 Å². The summed E-state index contributed by atoms with van der Waals surface area (Å²) < 4.78 is 1.01. The van der Waals surface area contributed by atoms with E-state index in [9.17, 15) is 0 Å². The summed E-state index contributed by atoms with van der Waals surface area (Å²) in [6, 6.07) is 5.52. The fourth-order valence-electron chi connectivity index (χ4n) is 0.958. The molecule has 3 nitrogen and oxygen atoms in total. The Morgan fingerprint density at radius 2 is 2.18 bits per heavy atom. The lowest BCUT2D eigenvalue weighted by molar-refractivity contribution is 0.187. The van der Waals surface area contributed by atoms with Crippen LogP contribution in [0.1, 0.15) is 0 Å². The quantitative estimate of drug-likeness (QED) is 0.611. The molecule has 2 heterocycles. The van der Waals surface area contributed by atoms with Gasteiger partial charge in [-0.15, -0.1) is 12.4 Å². The van der Waals surface area contributed by atoms with Gasteiger partial charge in [0.1, 0.15) is 0 Å². The number of fused-ring (bicyclic) bond motifs is 1. The largest absolute Gasteiger partial charge is 0.427 e. The lowest BCUT2D eigenvalue weighted by Crippen LogP contribution is -1.96. The maximum atomic E-state index is 9.11. The van der Waals surface area contributed by atoms with Gasteiger partial charge in [-0.25, -0.2) is 4.98 Å². The minimum atomic E-state index is 0. The zero-order valence-corrected chi connectivity index (χ0v) is 6.45. The molecule has 0 radical (unpaired) electrons. The van der Waals surface area contributed by atoms with E-state index in [1.54, 1.807) is 18.5 Å². The van der Waals surface area contributed by atoms with Gasteiger partial charge in [0.25, 0.3) is 0 Å². The Labute approximate surface area is 70.0 Å². The summed E-state index contributed by atoms with van der Waals surface area (Å²) >= 11 is 0. The normalized spacial score (nSPS) is 9.45. The van der Waals surface area contributed by atoms with Crippen molar-refractivity contribution in [3.8, 4) is 11.4 Å². The van der Waals surface area contributed by atoms with Crippen molar-refractivity contribution in [1.82, 2.24) is 9.71 Å². The summed E-state index contributed by atoms with van der Waals surface area (Å²) in [7, 11) is 0. The smallest absolute Gasteiger partial charge is 0.175 e. The van der Waals surface area contributed by atoms with Crippen molar-refractivity contribution in [3.05, 3.63) is 30.6 Å². The van der Waals surface area contributed by atoms with Crippen LogP contribution in [0.2, 0.25) is 0 Å². The van der Waals surface area contributed by atoms with E-state index in [4.69, 9.17) is 5.21 Å². The van der Waals surface area contributed by atoms with Crippen LogP contribution >= 0.6 is 12.4 Å². The second-order valence-corrected chi connectivity index (χ2v) is 2.08. The topological polar surface area (TPSA) is 38.0 Å². The van der Waals surface area contributed by atoms with Crippen molar-refractivity contribution in [2.75, 3.05) is 0 Å². The average Bonchev–Trinajstić information content (AvgIpc) is 2.36. The van der Waals surface area contributed by atoms with E-state index < -0.39 is 0 Å². The first kappa shape index (κ1) is 7.88. The predicted molar refractivity (Wildman–Crippen MR) is 43.3 cm³/mol. The second-order valence-electron chi connectivity index (χ2n) is 2.08. The van der Waals surface area contributed by atoms with Gasteiger partial charge in [0, 0.05) is 18.0 Å². The minimum Gasteiger partial charge on any atom is -0.427 e. The molecule has 0 atom stereocenters. The lowest BCUT2D eigenvalue weighted by Gasteiger charge is -2.00. The van der Waals surface area contributed by atoms with Crippen LogP contribution in [0.15, 0.2) is 30.6 Å². The molecule has 0 saturated carbocycles. The zero-order valence-electron chi connectivity index (χ0n) is 5.64. The predicted octanol–water partition coefficient (Wildman–Crippen LogP) is 1.65. The molecule has 0 unspecified atom stereocenters. The highest BCUT2D eigenvalue weighted by molar-refractivity contribution is 5.85. The molecule has 0 saturated heterocycles. The van der Waals surface area contributed by atoms with Crippen LogP contribution in [0.5, 0.6) is 0 Å². The van der Waals surface area contributed by atoms with Crippen LogP contribution in [0, 0.1) is 0 Å². The summed E-state index contributed by atoms with van der Waals surface area (Å²) in [5.74, 6) is 0.600. The molecule has 4 heteroatoms. The van der Waals surface area contributed by atoms with Crippen LogP contribution in [0.25, 0.3) is 11.4 Å². The number of nitrogens with zero attached hydrogens (tertiary/aromatic N) is 2. The van der Waals surface area contributed by atoms with E-state index in [1.165, 1.54) is 0 Å². The summed E-state index contributed by atoms with van der Waals surface area (Å²) in [4.78, 5) is 3.93. The number of halogens is 1. The molecule has 0 spiro atoms. The van der Waals surface area contributed by atoms with E-state index in [0.29, 0.717) is 5.82 Å². The summed E-state index contributed by atoms with van der Waals surface area (Å²) in [6.45, 7) is 0. The van der Waals surface area contributed by atoms with Gasteiger partial charge in [-0.05, 0) is 18.2 Å². The van der Waals surface area contributed by atoms with Gasteiger partial charge < -0.3 is 5.21 Å². The molecule has 58 valence electrons. The van der Waals surface area contributed by atoms with Gasteiger partial charge >= 0.3 is 0 Å². The number of hydrogen-bond acceptors (Lipinski definition) is 2. The van der Waals surface area contributed by atoms with Crippen LogP contribution in [-0.2, 0) is 0 Å². The van der Waals surface area contributed by atoms with E-state index in [-0.39, 0.29) is 12.4 Å². The monoisotopic (exact) mass is 170 g/mol. The standard InChI is InChI=1S/C7H6N2O.ClH/c10-9-5-1-2-6-3-4-8-7(6)9;/h1-5,10H;1H. The van der Waals surface area contributed by atoms with E-state index >= 15 is 0 Å². The third-order valence-electron chi connectivity index (χ3n) is 1.43. The van der Waals surface area contributed by atoms with Crippen molar-refractivity contribution >= 4 is 12.4 Å². The van der Waals surface area contributed by atoms with Crippen molar-refractivity contribution < 1.29 is 5.21 Å². The molecular weight excluding hydrogens is 164 g/mol. The average molecular weight is 171 g/mol. The number of pyridine rings is 1. The molecular formula is C7H7ClN2O. The molecule has 0 amide bonds. The Hall–Kier alpha value is -1.22. The molecule has 1 N–H and O–H groups in total. The Bertz CT molecular complexity index is 320. The Morgan fingerprint density at radius 3 is 2.91 bits per heavy atom. The molecule has 0 aromatic heterocycles. The van der Waals surface area contributed by atoms with Crippen LogP contribution in [0.4, 0.5) is 0 Å². The molecule has 0 aromatic carbocycles. The lowest BCUT2D eigenvalue weighted by atomic mass is 10.3. The van der Waals surface area contributed by atoms with Crippen molar-refractivity contribution in [2.45, 2.75) is 0 Å². The van der Waals surface area contributed by atoms with E-state index in [2.05, 4.69) is 4.98 Å². The molecule has 0 aromatic rings. The zero-order chi connectivity index (χ0) is 6.97.